The number of nitrogens with one attached hydrogen (secondary N) is 1. The predicted octanol–water partition coefficient (Wildman–Crippen LogP) is 1.52. The first-order valence-electron chi connectivity index (χ1n) is 7.59. The molecule has 2 aromatic rings. The van der Waals surface area contributed by atoms with E-state index in [-0.39, 0.29) is 40.1 Å². The number of thioether (sulfide) groups is 1. The fourth-order valence-electron chi connectivity index (χ4n) is 2.41. The van der Waals surface area contributed by atoms with E-state index in [2.05, 4.69) is 15.5 Å². The van der Waals surface area contributed by atoms with Crippen LogP contribution < -0.4 is 5.32 Å². The molecule has 1 aromatic heterocycles. The lowest BCUT2D eigenvalue weighted by Gasteiger charge is -2.04. The van der Waals surface area contributed by atoms with Crippen molar-refractivity contribution in [2.75, 3.05) is 17.3 Å². The van der Waals surface area contributed by atoms with Crippen molar-refractivity contribution < 1.29 is 22.0 Å². The van der Waals surface area contributed by atoms with E-state index in [1.807, 2.05) is 0 Å². The summed E-state index contributed by atoms with van der Waals surface area (Å²) < 4.78 is 41.2. The molecule has 1 aromatic carbocycles. The van der Waals surface area contributed by atoms with Crippen LogP contribution in [0.3, 0.4) is 0 Å². The third-order valence-corrected chi connectivity index (χ3v) is 6.32. The van der Waals surface area contributed by atoms with E-state index in [0.29, 0.717) is 18.9 Å². The van der Waals surface area contributed by atoms with Crippen LogP contribution in [0.1, 0.15) is 23.8 Å². The maximum Gasteiger partial charge on any atom is 0.277 e. The molecule has 1 fully saturated rings. The van der Waals surface area contributed by atoms with Crippen molar-refractivity contribution in [1.29, 1.82) is 0 Å². The Hall–Kier alpha value is -1.94. The van der Waals surface area contributed by atoms with Crippen LogP contribution in [0.15, 0.2) is 33.9 Å². The number of aromatic nitrogens is 2. The van der Waals surface area contributed by atoms with E-state index >= 15 is 0 Å². The molecule has 0 spiro atoms. The molecule has 1 N–H and O–H groups in total. The average molecular weight is 385 g/mol. The SMILES string of the molecule is O=C(CSc1nnc([C@H]2CCS(=O)(=O)C2)o1)NCc1ccc(F)cc1. The van der Waals surface area contributed by atoms with Crippen LogP contribution in [-0.4, -0.2) is 41.8 Å². The van der Waals surface area contributed by atoms with Gasteiger partial charge >= 0.3 is 0 Å². The Kier molecular flexibility index (Phi) is 5.38. The number of hydrogen-bond acceptors (Lipinski definition) is 7. The first kappa shape index (κ1) is 17.9. The summed E-state index contributed by atoms with van der Waals surface area (Å²) in [5.74, 6) is -0.266. The molecule has 2 heterocycles. The van der Waals surface area contributed by atoms with Crippen molar-refractivity contribution in [1.82, 2.24) is 15.5 Å². The van der Waals surface area contributed by atoms with Gasteiger partial charge in [0.25, 0.3) is 5.22 Å². The van der Waals surface area contributed by atoms with Gasteiger partial charge in [0.1, 0.15) is 5.82 Å². The van der Waals surface area contributed by atoms with Gasteiger partial charge in [-0.15, -0.1) is 10.2 Å². The minimum absolute atomic E-state index is 0.0253. The number of halogens is 1. The lowest BCUT2D eigenvalue weighted by molar-refractivity contribution is -0.118. The van der Waals surface area contributed by atoms with Crippen molar-refractivity contribution in [3.63, 3.8) is 0 Å². The normalized spacial score (nSPS) is 19.0. The largest absolute Gasteiger partial charge is 0.416 e. The van der Waals surface area contributed by atoms with E-state index < -0.39 is 9.84 Å². The Bertz CT molecular complexity index is 852. The van der Waals surface area contributed by atoms with E-state index in [9.17, 15) is 17.6 Å². The molecule has 134 valence electrons. The number of nitrogens with zero attached hydrogens (tertiary/aromatic N) is 2. The molecule has 25 heavy (non-hydrogen) atoms. The number of sulfone groups is 1. The summed E-state index contributed by atoms with van der Waals surface area (Å²) in [6.07, 6.45) is 0.479. The molecule has 10 heteroatoms. The van der Waals surface area contributed by atoms with E-state index in [1.165, 1.54) is 12.1 Å². The van der Waals surface area contributed by atoms with Crippen molar-refractivity contribution in [2.45, 2.75) is 24.1 Å². The number of benzene rings is 1. The molecule has 1 aliphatic heterocycles. The van der Waals surface area contributed by atoms with Gasteiger partial charge in [0.2, 0.25) is 11.8 Å². The Balaban J connectivity index is 1.45. The van der Waals surface area contributed by atoms with Gasteiger partial charge in [-0.2, -0.15) is 0 Å². The molecule has 1 atom stereocenters. The standard InChI is InChI=1S/C15H16FN3O4S2/c16-12-3-1-10(2-4-12)7-17-13(20)8-24-15-19-18-14(23-15)11-5-6-25(21,22)9-11/h1-4,11H,5-9H2,(H,17,20)/t11-/m0/s1. The van der Waals surface area contributed by atoms with Gasteiger partial charge in [0, 0.05) is 6.54 Å². The molecule has 0 saturated carbocycles. The highest BCUT2D eigenvalue weighted by molar-refractivity contribution is 7.99. The highest BCUT2D eigenvalue weighted by Gasteiger charge is 2.32. The summed E-state index contributed by atoms with van der Waals surface area (Å²) in [6.45, 7) is 0.300. The van der Waals surface area contributed by atoms with Gasteiger partial charge in [-0.1, -0.05) is 23.9 Å². The molecule has 1 amide bonds. The lowest BCUT2D eigenvalue weighted by atomic mass is 10.1. The second-order valence-corrected chi connectivity index (χ2v) is 8.85. The van der Waals surface area contributed by atoms with E-state index in [1.54, 1.807) is 12.1 Å². The number of rotatable bonds is 6. The number of carbonyl (C=O) groups is 1. The zero-order chi connectivity index (χ0) is 17.9. The third-order valence-electron chi connectivity index (χ3n) is 3.73. The zero-order valence-corrected chi connectivity index (χ0v) is 14.8. The van der Waals surface area contributed by atoms with Crippen LogP contribution in [0.4, 0.5) is 4.39 Å². The number of carbonyl (C=O) groups excluding carboxylic acids is 1. The quantitative estimate of drug-likeness (QED) is 0.752. The van der Waals surface area contributed by atoms with Crippen LogP contribution >= 0.6 is 11.8 Å². The first-order valence-corrected chi connectivity index (χ1v) is 10.4. The molecular formula is C15H16FN3O4S2. The van der Waals surface area contributed by atoms with Crippen molar-refractivity contribution in [3.05, 3.63) is 41.5 Å². The fraction of sp³-hybridized carbons (Fsp3) is 0.400. The third kappa shape index (κ3) is 5.02. The number of amides is 1. The van der Waals surface area contributed by atoms with Gasteiger partial charge in [-0.05, 0) is 24.1 Å². The molecule has 3 rings (SSSR count). The molecule has 7 nitrogen and oxygen atoms in total. The topological polar surface area (TPSA) is 102 Å². The van der Waals surface area contributed by atoms with Gasteiger partial charge in [-0.25, -0.2) is 12.8 Å². The second kappa shape index (κ2) is 7.52. The van der Waals surface area contributed by atoms with Crippen molar-refractivity contribution in [2.24, 2.45) is 0 Å². The molecule has 0 unspecified atom stereocenters. The fourth-order valence-corrected chi connectivity index (χ4v) is 4.75. The summed E-state index contributed by atoms with van der Waals surface area (Å²) >= 11 is 1.08. The summed E-state index contributed by atoms with van der Waals surface area (Å²) in [5, 5.41) is 10.7. The van der Waals surface area contributed by atoms with Crippen LogP contribution in [0.5, 0.6) is 0 Å². The highest BCUT2D eigenvalue weighted by Crippen LogP contribution is 2.29. The monoisotopic (exact) mass is 385 g/mol. The van der Waals surface area contributed by atoms with E-state index in [4.69, 9.17) is 4.42 Å². The molecule has 1 aliphatic rings. The first-order chi connectivity index (χ1) is 11.9. The minimum atomic E-state index is -3.02. The van der Waals surface area contributed by atoms with Gasteiger partial charge in [-0.3, -0.25) is 4.79 Å². The summed E-state index contributed by atoms with van der Waals surface area (Å²) in [6, 6.07) is 5.87. The molecule has 1 saturated heterocycles. The highest BCUT2D eigenvalue weighted by atomic mass is 32.2. The van der Waals surface area contributed by atoms with E-state index in [0.717, 1.165) is 17.3 Å². The molecule has 0 bridgehead atoms. The summed E-state index contributed by atoms with van der Waals surface area (Å²) in [5.41, 5.74) is 0.794. The molecule has 0 aliphatic carbocycles. The Morgan fingerprint density at radius 3 is 2.76 bits per heavy atom. The predicted molar refractivity (Wildman–Crippen MR) is 89.3 cm³/mol. The summed E-state index contributed by atoms with van der Waals surface area (Å²) in [4.78, 5) is 11.8. The molecule has 0 radical (unpaired) electrons. The minimum Gasteiger partial charge on any atom is -0.416 e. The lowest BCUT2D eigenvalue weighted by Crippen LogP contribution is -2.24. The Labute approximate surface area is 148 Å². The van der Waals surface area contributed by atoms with Crippen molar-refractivity contribution in [3.8, 4) is 0 Å². The van der Waals surface area contributed by atoms with Gasteiger partial charge in [0.15, 0.2) is 9.84 Å². The Morgan fingerprint density at radius 1 is 1.32 bits per heavy atom. The summed E-state index contributed by atoms with van der Waals surface area (Å²) in [7, 11) is -3.02. The van der Waals surface area contributed by atoms with Gasteiger partial charge in [0.05, 0.1) is 23.2 Å². The zero-order valence-electron chi connectivity index (χ0n) is 13.1. The second-order valence-electron chi connectivity index (χ2n) is 5.70. The van der Waals surface area contributed by atoms with Crippen LogP contribution in [-0.2, 0) is 21.2 Å². The molecular weight excluding hydrogens is 369 g/mol. The van der Waals surface area contributed by atoms with Crippen LogP contribution in [0.2, 0.25) is 0 Å². The van der Waals surface area contributed by atoms with Gasteiger partial charge < -0.3 is 9.73 Å². The Morgan fingerprint density at radius 2 is 2.08 bits per heavy atom. The van der Waals surface area contributed by atoms with Crippen molar-refractivity contribution >= 4 is 27.5 Å². The van der Waals surface area contributed by atoms with Crippen LogP contribution in [0.25, 0.3) is 0 Å². The average Bonchev–Trinajstić information content (AvgIpc) is 3.18. The number of hydrogen-bond donors (Lipinski definition) is 1. The van der Waals surface area contributed by atoms with Crippen LogP contribution in [0, 0.1) is 5.82 Å². The maximum atomic E-state index is 12.8. The maximum absolute atomic E-state index is 12.8. The smallest absolute Gasteiger partial charge is 0.277 e.